The summed E-state index contributed by atoms with van der Waals surface area (Å²) in [4.78, 5) is 14.8. The number of fused-ring (bicyclic) bond motifs is 12. The predicted molar refractivity (Wildman–Crippen MR) is 244 cm³/mol. The summed E-state index contributed by atoms with van der Waals surface area (Å²) < 4.78 is 0. The third-order valence-electron chi connectivity index (χ3n) is 11.4. The Morgan fingerprint density at radius 2 is 0.759 bits per heavy atom. The van der Waals surface area contributed by atoms with Gasteiger partial charge in [0, 0.05) is 29.1 Å². The smallest absolute Gasteiger partial charge is 0.160 e. The molecule has 2 aromatic heterocycles. The van der Waals surface area contributed by atoms with Crippen LogP contribution in [0, 0.1) is 0 Å². The molecule has 2 heterocycles. The minimum atomic E-state index is 0.677. The van der Waals surface area contributed by atoms with Crippen LogP contribution in [0.25, 0.3) is 110 Å². The lowest BCUT2D eigenvalue weighted by Gasteiger charge is -2.13. The fourth-order valence-electron chi connectivity index (χ4n) is 8.62. The van der Waals surface area contributed by atoms with Crippen molar-refractivity contribution in [3.63, 3.8) is 0 Å². The van der Waals surface area contributed by atoms with Crippen LogP contribution in [-0.4, -0.2) is 15.0 Å². The van der Waals surface area contributed by atoms with Crippen molar-refractivity contribution in [2.45, 2.75) is 0 Å². The molecule has 9 aromatic carbocycles. The summed E-state index contributed by atoms with van der Waals surface area (Å²) in [7, 11) is 0. The molecule has 0 spiro atoms. The van der Waals surface area contributed by atoms with Crippen molar-refractivity contribution in [2.24, 2.45) is 0 Å². The second-order valence-corrected chi connectivity index (χ2v) is 14.8. The average molecular weight is 738 g/mol. The van der Waals surface area contributed by atoms with Crippen molar-refractivity contribution in [1.29, 1.82) is 0 Å². The van der Waals surface area contributed by atoms with Crippen molar-refractivity contribution in [1.82, 2.24) is 15.0 Å². The van der Waals surface area contributed by atoms with Crippen LogP contribution in [0.5, 0.6) is 0 Å². The van der Waals surface area contributed by atoms with Crippen LogP contribution in [0.2, 0.25) is 0 Å². The van der Waals surface area contributed by atoms with Gasteiger partial charge >= 0.3 is 0 Å². The van der Waals surface area contributed by atoms with Crippen LogP contribution < -0.4 is 0 Å². The van der Waals surface area contributed by atoms with E-state index in [1.165, 1.54) is 59.2 Å². The number of aromatic nitrogens is 3. The Kier molecular flexibility index (Phi) is 8.15. The monoisotopic (exact) mass is 737 g/mol. The second kappa shape index (κ2) is 14.1. The lowest BCUT2D eigenvalue weighted by atomic mass is 9.91. The molecule has 11 rings (SSSR count). The maximum Gasteiger partial charge on any atom is 0.160 e. The molecule has 0 N–H and O–H groups in total. The first-order valence-electron chi connectivity index (χ1n) is 19.7. The Balaban J connectivity index is 1.25. The van der Waals surface area contributed by atoms with Gasteiger partial charge in [-0.25, -0.2) is 9.97 Å². The summed E-state index contributed by atoms with van der Waals surface area (Å²) in [5.74, 6) is 0.677. The van der Waals surface area contributed by atoms with E-state index in [1.54, 1.807) is 6.20 Å². The number of hydrogen-bond acceptors (Lipinski definition) is 3. The van der Waals surface area contributed by atoms with Gasteiger partial charge < -0.3 is 0 Å². The van der Waals surface area contributed by atoms with Crippen LogP contribution in [0.4, 0.5) is 0 Å². The number of pyridine rings is 1. The molecule has 11 aromatic rings. The Hall–Kier alpha value is -7.75. The van der Waals surface area contributed by atoms with Crippen molar-refractivity contribution in [3.8, 4) is 45.0 Å². The van der Waals surface area contributed by atoms with Gasteiger partial charge in [-0.05, 0) is 94.0 Å². The summed E-state index contributed by atoms with van der Waals surface area (Å²) in [5.41, 5.74) is 6.92. The second-order valence-electron chi connectivity index (χ2n) is 14.8. The number of hydrogen-bond donors (Lipinski definition) is 0. The van der Waals surface area contributed by atoms with E-state index >= 15 is 0 Å². The molecule has 0 fully saturated rings. The molecular weight excluding hydrogens is 703 g/mol. The Labute approximate surface area is 335 Å². The van der Waals surface area contributed by atoms with Gasteiger partial charge in [0.1, 0.15) is 0 Å². The third-order valence-corrected chi connectivity index (χ3v) is 11.4. The maximum absolute atomic E-state index is 5.32. The maximum atomic E-state index is 5.32. The zero-order valence-corrected chi connectivity index (χ0v) is 31.5. The fourth-order valence-corrected chi connectivity index (χ4v) is 8.62. The zero-order valence-electron chi connectivity index (χ0n) is 31.5. The molecule has 0 saturated heterocycles. The molecule has 0 aliphatic rings. The third kappa shape index (κ3) is 5.80. The molecule has 0 atom stereocenters. The highest BCUT2D eigenvalue weighted by Gasteiger charge is 2.15. The first kappa shape index (κ1) is 33.6. The molecule has 0 amide bonds. The first-order chi connectivity index (χ1) is 28.8. The molecule has 3 heteroatoms. The van der Waals surface area contributed by atoms with Crippen molar-refractivity contribution >= 4 is 64.6 Å². The lowest BCUT2D eigenvalue weighted by Crippen LogP contribution is -1.96. The van der Waals surface area contributed by atoms with Gasteiger partial charge in [0.2, 0.25) is 0 Å². The van der Waals surface area contributed by atoms with E-state index < -0.39 is 0 Å². The number of benzene rings is 8. The minimum Gasteiger partial charge on any atom is -0.264 e. The Morgan fingerprint density at radius 1 is 0.276 bits per heavy atom. The van der Waals surface area contributed by atoms with Crippen molar-refractivity contribution < 1.29 is 0 Å². The summed E-state index contributed by atoms with van der Waals surface area (Å²) in [5, 5.41) is 14.4. The van der Waals surface area contributed by atoms with E-state index in [0.29, 0.717) is 5.82 Å². The fraction of sp³-hybridized carbons (Fsp3) is 0. The SMILES string of the molecule is c1ccc(-c2cc(-c3ccc4c5ccccc5c5ccccc5c5ccccc5c5c6ccccc6ccc5c4c3)nc(-c3ccc(-c4cccnc4)cc3)n2)cc1. The lowest BCUT2D eigenvalue weighted by molar-refractivity contribution is 1.18. The van der Waals surface area contributed by atoms with Crippen molar-refractivity contribution in [2.75, 3.05) is 0 Å². The molecule has 0 aliphatic carbocycles. The molecule has 0 bridgehead atoms. The molecule has 0 saturated carbocycles. The van der Waals surface area contributed by atoms with E-state index in [1.807, 2.05) is 18.3 Å². The van der Waals surface area contributed by atoms with E-state index in [2.05, 4.69) is 193 Å². The molecule has 58 heavy (non-hydrogen) atoms. The normalized spacial score (nSPS) is 11.4. The highest BCUT2D eigenvalue weighted by Crippen LogP contribution is 2.40. The average Bonchev–Trinajstić information content (AvgIpc) is 3.31. The van der Waals surface area contributed by atoms with Gasteiger partial charge in [-0.1, -0.05) is 182 Å². The van der Waals surface area contributed by atoms with E-state index in [4.69, 9.17) is 9.97 Å². The molecule has 0 aliphatic heterocycles. The highest BCUT2D eigenvalue weighted by atomic mass is 14.9. The Bertz CT molecular complexity index is 3430. The van der Waals surface area contributed by atoms with Crippen LogP contribution in [-0.2, 0) is 0 Å². The van der Waals surface area contributed by atoms with Gasteiger partial charge in [0.05, 0.1) is 11.4 Å². The van der Waals surface area contributed by atoms with Crippen LogP contribution in [0.15, 0.2) is 213 Å². The van der Waals surface area contributed by atoms with Crippen LogP contribution in [0.1, 0.15) is 0 Å². The van der Waals surface area contributed by atoms with Crippen LogP contribution in [0.3, 0.4) is 0 Å². The predicted octanol–water partition coefficient (Wildman–Crippen LogP) is 14.6. The van der Waals surface area contributed by atoms with Gasteiger partial charge in [-0.15, -0.1) is 0 Å². The molecule has 0 radical (unpaired) electrons. The standard InChI is InChI=1S/C55H35N3/c1-2-14-38(15-3-1)52-34-53(58-55(57-52)39-26-24-36(25-27-39)41-16-12-32-56-35-41)40-29-30-48-46-21-9-7-19-44(46)43-18-6-8-20-45(43)47-22-10-11-23-49(47)54-42-17-5-4-13-37(42)28-31-50(54)51(48)33-40/h1-35H. The van der Waals surface area contributed by atoms with Gasteiger partial charge in [0.25, 0.3) is 0 Å². The largest absolute Gasteiger partial charge is 0.264 e. The Morgan fingerprint density at radius 3 is 1.41 bits per heavy atom. The molecule has 0 unspecified atom stereocenters. The van der Waals surface area contributed by atoms with E-state index in [0.717, 1.165) is 44.6 Å². The van der Waals surface area contributed by atoms with Gasteiger partial charge in [-0.2, -0.15) is 0 Å². The number of nitrogens with zero attached hydrogens (tertiary/aromatic N) is 3. The van der Waals surface area contributed by atoms with E-state index in [-0.39, 0.29) is 0 Å². The zero-order chi connectivity index (χ0) is 38.4. The highest BCUT2D eigenvalue weighted by molar-refractivity contribution is 6.30. The quantitative estimate of drug-likeness (QED) is 0.181. The van der Waals surface area contributed by atoms with Gasteiger partial charge in [0.15, 0.2) is 5.82 Å². The summed E-state index contributed by atoms with van der Waals surface area (Å²) in [6.07, 6.45) is 3.69. The minimum absolute atomic E-state index is 0.677. The molecular formula is C55H35N3. The van der Waals surface area contributed by atoms with Crippen molar-refractivity contribution in [3.05, 3.63) is 213 Å². The number of rotatable bonds is 4. The first-order valence-corrected chi connectivity index (χ1v) is 19.7. The van der Waals surface area contributed by atoms with Crippen LogP contribution >= 0.6 is 0 Å². The summed E-state index contributed by atoms with van der Waals surface area (Å²) in [6, 6.07) is 71.8. The summed E-state index contributed by atoms with van der Waals surface area (Å²) >= 11 is 0. The molecule has 270 valence electrons. The van der Waals surface area contributed by atoms with E-state index in [9.17, 15) is 0 Å². The topological polar surface area (TPSA) is 38.7 Å². The molecule has 3 nitrogen and oxygen atoms in total. The summed E-state index contributed by atoms with van der Waals surface area (Å²) in [6.45, 7) is 0. The van der Waals surface area contributed by atoms with Gasteiger partial charge in [-0.3, -0.25) is 4.98 Å².